The normalized spacial score (nSPS) is 20.3. The summed E-state index contributed by atoms with van der Waals surface area (Å²) in [5, 5.41) is 0. The zero-order chi connectivity index (χ0) is 16.9. The second kappa shape index (κ2) is 10.9. The van der Waals surface area contributed by atoms with Gasteiger partial charge in [0.25, 0.3) is 0 Å². The van der Waals surface area contributed by atoms with Crippen LogP contribution < -0.4 is 10.5 Å². The van der Waals surface area contributed by atoms with Gasteiger partial charge in [-0.05, 0) is 30.9 Å². The molecule has 1 fully saturated rings. The van der Waals surface area contributed by atoms with Gasteiger partial charge in [-0.15, -0.1) is 24.8 Å². The number of hydrogen-bond donors (Lipinski definition) is 2. The van der Waals surface area contributed by atoms with Crippen LogP contribution in [-0.2, 0) is 14.8 Å². The van der Waals surface area contributed by atoms with E-state index in [0.29, 0.717) is 19.0 Å². The van der Waals surface area contributed by atoms with Crippen LogP contribution in [-0.4, -0.2) is 49.9 Å². The Morgan fingerprint density at radius 1 is 1.44 bits per heavy atom. The number of nitrogens with two attached hydrogens (primary N) is 1. The minimum absolute atomic E-state index is 0. The van der Waals surface area contributed by atoms with E-state index in [1.54, 1.807) is 11.0 Å². The van der Waals surface area contributed by atoms with Crippen LogP contribution in [0.4, 0.5) is 0 Å². The SMILES string of the molecule is CC1CCN(C(=O)CCNS(=O)(=O)c2cccnc2)C(CN)C1.Cl.Cl. The summed E-state index contributed by atoms with van der Waals surface area (Å²) in [4.78, 5) is 18.0. The zero-order valence-electron chi connectivity index (χ0n) is 14.1. The number of carbonyl (C=O) groups excluding carboxylic acids is 1. The molecule has 0 aromatic carbocycles. The van der Waals surface area contributed by atoms with Crippen LogP contribution in [0.5, 0.6) is 0 Å². The lowest BCUT2D eigenvalue weighted by Gasteiger charge is -2.38. The smallest absolute Gasteiger partial charge is 0.242 e. The summed E-state index contributed by atoms with van der Waals surface area (Å²) >= 11 is 0. The molecule has 2 atom stereocenters. The molecule has 144 valence electrons. The molecule has 1 amide bonds. The van der Waals surface area contributed by atoms with E-state index in [2.05, 4.69) is 16.6 Å². The minimum atomic E-state index is -3.62. The highest BCUT2D eigenvalue weighted by atomic mass is 35.5. The van der Waals surface area contributed by atoms with Crippen molar-refractivity contribution in [3.05, 3.63) is 24.5 Å². The zero-order valence-corrected chi connectivity index (χ0v) is 16.6. The highest BCUT2D eigenvalue weighted by Gasteiger charge is 2.28. The number of aromatic nitrogens is 1. The quantitative estimate of drug-likeness (QED) is 0.729. The number of amides is 1. The van der Waals surface area contributed by atoms with Crippen LogP contribution >= 0.6 is 24.8 Å². The number of rotatable bonds is 6. The van der Waals surface area contributed by atoms with Gasteiger partial charge in [0.1, 0.15) is 4.90 Å². The first kappa shape index (κ1) is 24.1. The molecule has 0 spiro atoms. The molecule has 2 unspecified atom stereocenters. The van der Waals surface area contributed by atoms with Crippen molar-refractivity contribution in [2.75, 3.05) is 19.6 Å². The molecule has 1 aliphatic rings. The molecule has 1 aliphatic heterocycles. The van der Waals surface area contributed by atoms with E-state index < -0.39 is 10.0 Å². The van der Waals surface area contributed by atoms with Crippen LogP contribution in [0.1, 0.15) is 26.2 Å². The molecule has 0 aliphatic carbocycles. The number of sulfonamides is 1. The predicted octanol–water partition coefficient (Wildman–Crippen LogP) is 1.18. The van der Waals surface area contributed by atoms with Gasteiger partial charge in [-0.3, -0.25) is 9.78 Å². The number of halogens is 2. The summed E-state index contributed by atoms with van der Waals surface area (Å²) in [7, 11) is -3.62. The third kappa shape index (κ3) is 6.71. The van der Waals surface area contributed by atoms with Crippen molar-refractivity contribution >= 4 is 40.7 Å². The van der Waals surface area contributed by atoms with Gasteiger partial charge in [0.2, 0.25) is 15.9 Å². The molecule has 0 radical (unpaired) electrons. The van der Waals surface area contributed by atoms with Gasteiger partial charge in [-0.2, -0.15) is 0 Å². The van der Waals surface area contributed by atoms with Crippen molar-refractivity contribution in [2.45, 2.75) is 37.1 Å². The molecule has 0 saturated carbocycles. The lowest BCUT2D eigenvalue weighted by atomic mass is 9.92. The Balaban J connectivity index is 0.00000288. The molecule has 25 heavy (non-hydrogen) atoms. The highest BCUT2D eigenvalue weighted by molar-refractivity contribution is 7.89. The van der Waals surface area contributed by atoms with Gasteiger partial charge >= 0.3 is 0 Å². The molecule has 0 bridgehead atoms. The van der Waals surface area contributed by atoms with Crippen LogP contribution in [0.25, 0.3) is 0 Å². The fraction of sp³-hybridized carbons (Fsp3) is 0.600. The fourth-order valence-electron chi connectivity index (χ4n) is 2.83. The number of nitrogens with zero attached hydrogens (tertiary/aromatic N) is 2. The van der Waals surface area contributed by atoms with Gasteiger partial charge in [0.15, 0.2) is 0 Å². The maximum absolute atomic E-state index is 12.3. The van der Waals surface area contributed by atoms with E-state index in [-0.39, 0.29) is 54.6 Å². The van der Waals surface area contributed by atoms with Crippen molar-refractivity contribution < 1.29 is 13.2 Å². The average molecular weight is 413 g/mol. The Morgan fingerprint density at radius 3 is 2.76 bits per heavy atom. The second-order valence-corrected chi connectivity index (χ2v) is 7.71. The number of nitrogens with one attached hydrogen (secondary N) is 1. The molecular formula is C15H26Cl2N4O3S. The maximum Gasteiger partial charge on any atom is 0.242 e. The van der Waals surface area contributed by atoms with Crippen molar-refractivity contribution in [3.63, 3.8) is 0 Å². The average Bonchev–Trinajstić information content (AvgIpc) is 2.55. The first-order chi connectivity index (χ1) is 10.9. The number of piperidine rings is 1. The van der Waals surface area contributed by atoms with E-state index in [1.807, 2.05) is 0 Å². The summed E-state index contributed by atoms with van der Waals surface area (Å²) in [5.41, 5.74) is 5.76. The third-order valence-corrected chi connectivity index (χ3v) is 5.59. The van der Waals surface area contributed by atoms with Crippen LogP contribution in [0.3, 0.4) is 0 Å². The van der Waals surface area contributed by atoms with Gasteiger partial charge in [0, 0.05) is 44.5 Å². The lowest BCUT2D eigenvalue weighted by Crippen LogP contribution is -2.49. The Hall–Kier alpha value is -0.930. The molecular weight excluding hydrogens is 387 g/mol. The number of hydrogen-bond acceptors (Lipinski definition) is 5. The highest BCUT2D eigenvalue weighted by Crippen LogP contribution is 2.22. The summed E-state index contributed by atoms with van der Waals surface area (Å²) in [6.07, 6.45) is 4.78. The van der Waals surface area contributed by atoms with Gasteiger partial charge in [-0.1, -0.05) is 6.92 Å². The predicted molar refractivity (Wildman–Crippen MR) is 101 cm³/mol. The third-order valence-electron chi connectivity index (χ3n) is 4.15. The van der Waals surface area contributed by atoms with E-state index >= 15 is 0 Å². The molecule has 7 nitrogen and oxygen atoms in total. The molecule has 1 saturated heterocycles. The van der Waals surface area contributed by atoms with E-state index in [4.69, 9.17) is 5.73 Å². The summed E-state index contributed by atoms with van der Waals surface area (Å²) in [6, 6.07) is 3.08. The Bertz CT molecular complexity index is 631. The van der Waals surface area contributed by atoms with Crippen LogP contribution in [0.15, 0.2) is 29.4 Å². The van der Waals surface area contributed by atoms with E-state index in [0.717, 1.165) is 12.8 Å². The number of pyridine rings is 1. The van der Waals surface area contributed by atoms with Crippen molar-refractivity contribution in [2.24, 2.45) is 11.7 Å². The van der Waals surface area contributed by atoms with Crippen LogP contribution in [0, 0.1) is 5.92 Å². The fourth-order valence-corrected chi connectivity index (χ4v) is 3.82. The molecule has 2 heterocycles. The standard InChI is InChI=1S/C15H24N4O3S.2ClH/c1-12-5-8-19(13(9-12)10-16)15(20)4-7-18-23(21,22)14-3-2-6-17-11-14;;/h2-3,6,11-13,18H,4-5,7-10,16H2,1H3;2*1H. The van der Waals surface area contributed by atoms with Crippen molar-refractivity contribution in [3.8, 4) is 0 Å². The summed E-state index contributed by atoms with van der Waals surface area (Å²) < 4.78 is 26.6. The maximum atomic E-state index is 12.3. The molecule has 1 aromatic rings. The second-order valence-electron chi connectivity index (χ2n) is 5.94. The Morgan fingerprint density at radius 2 is 2.16 bits per heavy atom. The Labute approximate surface area is 161 Å². The van der Waals surface area contributed by atoms with Gasteiger partial charge < -0.3 is 10.6 Å². The van der Waals surface area contributed by atoms with Crippen LogP contribution in [0.2, 0.25) is 0 Å². The lowest BCUT2D eigenvalue weighted by molar-refractivity contribution is -0.135. The first-order valence-electron chi connectivity index (χ1n) is 7.83. The van der Waals surface area contributed by atoms with E-state index in [9.17, 15) is 13.2 Å². The summed E-state index contributed by atoms with van der Waals surface area (Å²) in [6.45, 7) is 3.36. The van der Waals surface area contributed by atoms with Gasteiger partial charge in [-0.25, -0.2) is 13.1 Å². The Kier molecular flexibility index (Phi) is 10.5. The molecule has 2 rings (SSSR count). The largest absolute Gasteiger partial charge is 0.338 e. The topological polar surface area (TPSA) is 105 Å². The number of likely N-dealkylation sites (tertiary alicyclic amines) is 1. The molecule has 1 aromatic heterocycles. The van der Waals surface area contributed by atoms with E-state index in [1.165, 1.54) is 18.5 Å². The van der Waals surface area contributed by atoms with Gasteiger partial charge in [0.05, 0.1) is 0 Å². The molecule has 3 N–H and O–H groups in total. The molecule has 10 heteroatoms. The van der Waals surface area contributed by atoms with Crippen molar-refractivity contribution in [1.82, 2.24) is 14.6 Å². The monoisotopic (exact) mass is 412 g/mol. The van der Waals surface area contributed by atoms with Crippen molar-refractivity contribution in [1.29, 1.82) is 0 Å². The number of carbonyl (C=O) groups is 1. The first-order valence-corrected chi connectivity index (χ1v) is 9.31. The summed E-state index contributed by atoms with van der Waals surface area (Å²) in [5.74, 6) is 0.512. The minimum Gasteiger partial charge on any atom is -0.338 e.